The number of rotatable bonds is 12. The number of aliphatic carboxylic acids is 2. The second-order valence-electron chi connectivity index (χ2n) is 13.6. The third kappa shape index (κ3) is 6.07. The lowest BCUT2D eigenvalue weighted by molar-refractivity contribution is -0.385. The summed E-state index contributed by atoms with van der Waals surface area (Å²) in [5, 5.41) is 37.2. The number of likely N-dealkylation sites (tertiary alicyclic amines) is 1. The third-order valence-corrected chi connectivity index (χ3v) is 11.4. The molecule has 0 amide bonds. The van der Waals surface area contributed by atoms with Crippen LogP contribution in [0.15, 0.2) is 84.9 Å². The van der Waals surface area contributed by atoms with Crippen molar-refractivity contribution in [3.8, 4) is 0 Å². The van der Waals surface area contributed by atoms with E-state index in [-0.39, 0.29) is 17.5 Å². The normalized spacial score (nSPS) is 27.6. The van der Waals surface area contributed by atoms with Gasteiger partial charge in [-0.05, 0) is 81.8 Å². The maximum absolute atomic E-state index is 13.7. The van der Waals surface area contributed by atoms with Crippen molar-refractivity contribution in [1.29, 1.82) is 0 Å². The number of nitrogens with one attached hydrogen (secondary N) is 1. The molecule has 0 aliphatic carbocycles. The van der Waals surface area contributed by atoms with Crippen molar-refractivity contribution in [2.75, 3.05) is 19.6 Å². The van der Waals surface area contributed by atoms with Gasteiger partial charge in [0.25, 0.3) is 5.69 Å². The molecule has 3 N–H and O–H groups in total. The van der Waals surface area contributed by atoms with Crippen LogP contribution in [0.4, 0.5) is 5.69 Å². The average Bonchev–Trinajstić information content (AvgIpc) is 3.09. The van der Waals surface area contributed by atoms with Crippen molar-refractivity contribution in [2.24, 2.45) is 10.8 Å². The average molecular weight is 642 g/mol. The molecule has 3 aromatic rings. The van der Waals surface area contributed by atoms with Crippen LogP contribution in [-0.4, -0.2) is 63.7 Å². The number of piperidine rings is 2. The highest BCUT2D eigenvalue weighted by Gasteiger charge is 2.66. The number of benzene rings is 3. The molecule has 5 rings (SSSR count). The summed E-state index contributed by atoms with van der Waals surface area (Å²) in [4.78, 5) is 40.5. The molecule has 5 unspecified atom stereocenters. The van der Waals surface area contributed by atoms with Crippen molar-refractivity contribution in [1.82, 2.24) is 10.2 Å². The molecule has 9 heteroatoms. The van der Waals surface area contributed by atoms with Gasteiger partial charge in [-0.3, -0.25) is 19.7 Å². The first kappa shape index (κ1) is 34.3. The summed E-state index contributed by atoms with van der Waals surface area (Å²) in [7, 11) is 0. The van der Waals surface area contributed by atoms with Crippen molar-refractivity contribution in [3.05, 3.63) is 112 Å². The van der Waals surface area contributed by atoms with Crippen LogP contribution < -0.4 is 5.32 Å². The molecular formula is C38H47N3O6. The van der Waals surface area contributed by atoms with E-state index >= 15 is 0 Å². The van der Waals surface area contributed by atoms with Crippen LogP contribution in [0.1, 0.15) is 81.9 Å². The number of nitro benzene ring substituents is 1. The van der Waals surface area contributed by atoms with E-state index in [4.69, 9.17) is 0 Å². The smallest absolute Gasteiger partial charge is 0.311 e. The Morgan fingerprint density at radius 1 is 0.872 bits per heavy atom. The van der Waals surface area contributed by atoms with Crippen LogP contribution in [0.3, 0.4) is 0 Å². The lowest BCUT2D eigenvalue weighted by atomic mass is 9.50. The van der Waals surface area contributed by atoms with Gasteiger partial charge >= 0.3 is 11.9 Å². The number of non-ortho nitro benzene ring substituents is 1. The molecule has 0 saturated carbocycles. The molecule has 250 valence electrons. The first-order chi connectivity index (χ1) is 22.5. The van der Waals surface area contributed by atoms with Gasteiger partial charge in [-0.25, -0.2) is 0 Å². The topological polar surface area (TPSA) is 133 Å². The highest BCUT2D eigenvalue weighted by atomic mass is 16.6. The lowest BCUT2D eigenvalue weighted by Gasteiger charge is -2.57. The summed E-state index contributed by atoms with van der Waals surface area (Å²) < 4.78 is 0. The van der Waals surface area contributed by atoms with E-state index in [0.29, 0.717) is 31.4 Å². The molecular weight excluding hydrogens is 594 g/mol. The fraction of sp³-hybridized carbons (Fsp3) is 0.474. The zero-order valence-corrected chi connectivity index (χ0v) is 27.6. The van der Waals surface area contributed by atoms with Crippen LogP contribution in [0.25, 0.3) is 0 Å². The molecule has 2 aliphatic heterocycles. The molecule has 0 bridgehead atoms. The molecule has 0 radical (unpaired) electrons. The summed E-state index contributed by atoms with van der Waals surface area (Å²) in [6.07, 6.45) is 3.58. The predicted octanol–water partition coefficient (Wildman–Crippen LogP) is 6.86. The molecule has 2 heterocycles. The Morgan fingerprint density at radius 2 is 1.45 bits per heavy atom. The van der Waals surface area contributed by atoms with Gasteiger partial charge in [0.2, 0.25) is 0 Å². The molecule has 2 fully saturated rings. The predicted molar refractivity (Wildman–Crippen MR) is 182 cm³/mol. The van der Waals surface area contributed by atoms with Crippen LogP contribution in [0.2, 0.25) is 0 Å². The Balaban J connectivity index is 1.45. The summed E-state index contributed by atoms with van der Waals surface area (Å²) in [5.41, 5.74) is -0.323. The monoisotopic (exact) mass is 641 g/mol. The second kappa shape index (κ2) is 14.0. The summed E-state index contributed by atoms with van der Waals surface area (Å²) >= 11 is 0. The number of carbonyl (C=O) groups is 2. The van der Waals surface area contributed by atoms with Gasteiger partial charge < -0.3 is 20.4 Å². The summed E-state index contributed by atoms with van der Waals surface area (Å²) in [6.45, 7) is 7.80. The molecule has 9 nitrogen and oxygen atoms in total. The number of nitrogens with zero attached hydrogens (tertiary/aromatic N) is 2. The van der Waals surface area contributed by atoms with Crippen molar-refractivity contribution in [2.45, 2.75) is 82.7 Å². The van der Waals surface area contributed by atoms with Crippen molar-refractivity contribution in [3.63, 3.8) is 0 Å². The number of hydrogen-bond acceptors (Lipinski definition) is 6. The lowest BCUT2D eigenvalue weighted by Crippen LogP contribution is -2.70. The van der Waals surface area contributed by atoms with Crippen molar-refractivity contribution < 1.29 is 24.7 Å². The van der Waals surface area contributed by atoms with E-state index in [9.17, 15) is 29.9 Å². The van der Waals surface area contributed by atoms with E-state index in [0.717, 1.165) is 25.9 Å². The molecule has 3 aromatic carbocycles. The third-order valence-electron chi connectivity index (χ3n) is 11.4. The first-order valence-corrected chi connectivity index (χ1v) is 16.8. The molecule has 47 heavy (non-hydrogen) atoms. The van der Waals surface area contributed by atoms with Crippen LogP contribution in [-0.2, 0) is 15.0 Å². The zero-order valence-electron chi connectivity index (χ0n) is 27.6. The maximum atomic E-state index is 13.7. The number of nitro groups is 1. The standard InChI is InChI=1S/C38H47N3O6/c1-4-31-36(3,34(42)43)33(27-14-12-19-30(26-27)41(46)47)38(35(44)45,32(5-2)39-31)20-13-23-40-24-21-37(22-25-40,28-15-8-6-9-16-28)29-17-10-7-11-18-29/h6-12,14-19,26,31-33,39H,4-5,13,20-25H2,1-3H3,(H,42,43)(H,44,45). The fourth-order valence-corrected chi connectivity index (χ4v) is 8.97. The van der Waals surface area contributed by atoms with E-state index in [1.165, 1.54) is 29.3 Å². The first-order valence-electron chi connectivity index (χ1n) is 16.8. The summed E-state index contributed by atoms with van der Waals surface area (Å²) in [5.74, 6) is -3.17. The molecule has 2 saturated heterocycles. The Labute approximate surface area is 277 Å². The van der Waals surface area contributed by atoms with E-state index < -0.39 is 45.7 Å². The Hall–Kier alpha value is -4.08. The summed E-state index contributed by atoms with van der Waals surface area (Å²) in [6, 6.07) is 26.2. The van der Waals surface area contributed by atoms with E-state index in [1.807, 2.05) is 26.0 Å². The Kier molecular flexibility index (Phi) is 10.2. The van der Waals surface area contributed by atoms with Crippen LogP contribution in [0, 0.1) is 20.9 Å². The van der Waals surface area contributed by atoms with Gasteiger partial charge in [0, 0.05) is 35.5 Å². The molecule has 0 spiro atoms. The number of carboxylic acids is 2. The minimum absolute atomic E-state index is 0.104. The van der Waals surface area contributed by atoms with Gasteiger partial charge in [-0.1, -0.05) is 86.6 Å². The van der Waals surface area contributed by atoms with E-state index in [2.05, 4.69) is 58.7 Å². The van der Waals surface area contributed by atoms with Crippen LogP contribution >= 0.6 is 0 Å². The van der Waals surface area contributed by atoms with Gasteiger partial charge in [-0.15, -0.1) is 0 Å². The van der Waals surface area contributed by atoms with Gasteiger partial charge in [-0.2, -0.15) is 0 Å². The van der Waals surface area contributed by atoms with E-state index in [1.54, 1.807) is 13.0 Å². The molecule has 5 atom stereocenters. The van der Waals surface area contributed by atoms with Gasteiger partial charge in [0.05, 0.1) is 15.8 Å². The highest BCUT2D eigenvalue weighted by Crippen LogP contribution is 2.58. The second-order valence-corrected chi connectivity index (χ2v) is 13.6. The van der Waals surface area contributed by atoms with Crippen LogP contribution in [0.5, 0.6) is 0 Å². The fourth-order valence-electron chi connectivity index (χ4n) is 8.97. The maximum Gasteiger partial charge on any atom is 0.311 e. The van der Waals surface area contributed by atoms with Crippen molar-refractivity contribution >= 4 is 17.6 Å². The quantitative estimate of drug-likeness (QED) is 0.144. The number of carboxylic acid groups (broad SMARTS) is 2. The Morgan fingerprint density at radius 3 is 1.94 bits per heavy atom. The number of hydrogen-bond donors (Lipinski definition) is 3. The van der Waals surface area contributed by atoms with Gasteiger partial charge in [0.15, 0.2) is 0 Å². The largest absolute Gasteiger partial charge is 0.481 e. The molecule has 2 aliphatic rings. The zero-order chi connectivity index (χ0) is 33.8. The minimum atomic E-state index is -1.52. The molecule has 0 aromatic heterocycles. The van der Waals surface area contributed by atoms with Gasteiger partial charge in [0.1, 0.15) is 0 Å². The highest BCUT2D eigenvalue weighted by molar-refractivity contribution is 5.84. The minimum Gasteiger partial charge on any atom is -0.481 e. The Bertz CT molecular complexity index is 1520. The SMILES string of the molecule is CCC1NC(CC)C(CCCN2CCC(c3ccccc3)(c3ccccc3)CC2)(C(=O)O)C(c2cccc([N+](=O)[O-])c2)C1(C)C(=O)O.